The van der Waals surface area contributed by atoms with E-state index in [1.165, 1.54) is 0 Å². The van der Waals surface area contributed by atoms with Crippen LogP contribution in [0.5, 0.6) is 11.5 Å². The van der Waals surface area contributed by atoms with Crippen LogP contribution in [0.3, 0.4) is 0 Å². The van der Waals surface area contributed by atoms with Gasteiger partial charge in [0.1, 0.15) is 6.04 Å². The van der Waals surface area contributed by atoms with E-state index in [-0.39, 0.29) is 18.4 Å². The molecule has 0 unspecified atom stereocenters. The van der Waals surface area contributed by atoms with Gasteiger partial charge >= 0.3 is 0 Å². The molecule has 7 heteroatoms. The van der Waals surface area contributed by atoms with Gasteiger partial charge in [-0.25, -0.2) is 0 Å². The maximum Gasteiger partial charge on any atom is 0.251 e. The summed E-state index contributed by atoms with van der Waals surface area (Å²) in [6.07, 6.45) is 0.359. The van der Waals surface area contributed by atoms with Crippen molar-refractivity contribution < 1.29 is 19.1 Å². The summed E-state index contributed by atoms with van der Waals surface area (Å²) in [5.74, 6) is 0.561. The minimum atomic E-state index is -0.749. The van der Waals surface area contributed by atoms with Crippen LogP contribution in [-0.4, -0.2) is 32.1 Å². The molecule has 3 aromatic rings. The van der Waals surface area contributed by atoms with Crippen LogP contribution in [-0.2, 0) is 17.8 Å². The molecule has 2 N–H and O–H groups in total. The Morgan fingerprint density at radius 1 is 0.875 bits per heavy atom. The lowest BCUT2D eigenvalue weighted by molar-refractivity contribution is -0.123. The molecule has 6 nitrogen and oxygen atoms in total. The van der Waals surface area contributed by atoms with Crippen molar-refractivity contribution in [1.29, 1.82) is 0 Å². The van der Waals surface area contributed by atoms with Gasteiger partial charge in [0.25, 0.3) is 5.91 Å². The number of carbonyl (C=O) groups is 2. The average Bonchev–Trinajstić information content (AvgIpc) is 2.82. The fourth-order valence-corrected chi connectivity index (χ4v) is 3.33. The lowest BCUT2D eigenvalue weighted by Gasteiger charge is -2.19. The quantitative estimate of drug-likeness (QED) is 0.514. The van der Waals surface area contributed by atoms with Crippen LogP contribution in [0.1, 0.15) is 21.5 Å². The molecule has 32 heavy (non-hydrogen) atoms. The van der Waals surface area contributed by atoms with Crippen molar-refractivity contribution >= 4 is 23.4 Å². The number of rotatable bonds is 9. The van der Waals surface area contributed by atoms with Crippen LogP contribution in [0, 0.1) is 0 Å². The lowest BCUT2D eigenvalue weighted by atomic mass is 10.0. The van der Waals surface area contributed by atoms with E-state index in [1.807, 2.05) is 36.4 Å². The van der Waals surface area contributed by atoms with Crippen LogP contribution >= 0.6 is 11.6 Å². The molecule has 0 aliphatic rings. The fourth-order valence-electron chi connectivity index (χ4n) is 3.20. The molecule has 0 bridgehead atoms. The van der Waals surface area contributed by atoms with Crippen LogP contribution in [0.2, 0.25) is 5.02 Å². The average molecular weight is 453 g/mol. The molecule has 2 amide bonds. The van der Waals surface area contributed by atoms with Crippen molar-refractivity contribution in [2.24, 2.45) is 0 Å². The Morgan fingerprint density at radius 3 is 2.22 bits per heavy atom. The number of hydrogen-bond acceptors (Lipinski definition) is 4. The number of amides is 2. The summed E-state index contributed by atoms with van der Waals surface area (Å²) in [5.41, 5.74) is 2.22. The number of halogens is 1. The third kappa shape index (κ3) is 6.25. The molecule has 0 aromatic heterocycles. The largest absolute Gasteiger partial charge is 0.493 e. The number of nitrogens with one attached hydrogen (secondary N) is 2. The first-order valence-corrected chi connectivity index (χ1v) is 10.5. The van der Waals surface area contributed by atoms with Crippen LogP contribution < -0.4 is 20.1 Å². The minimum absolute atomic E-state index is 0.279. The van der Waals surface area contributed by atoms with Crippen molar-refractivity contribution in [3.05, 3.63) is 94.5 Å². The van der Waals surface area contributed by atoms with Crippen molar-refractivity contribution in [2.75, 3.05) is 14.2 Å². The smallest absolute Gasteiger partial charge is 0.251 e. The van der Waals surface area contributed by atoms with Gasteiger partial charge < -0.3 is 20.1 Å². The molecule has 3 aromatic carbocycles. The van der Waals surface area contributed by atoms with Crippen LogP contribution in [0.15, 0.2) is 72.8 Å². The summed E-state index contributed by atoms with van der Waals surface area (Å²) in [6.45, 7) is 0.279. The normalized spacial score (nSPS) is 11.3. The SMILES string of the molecule is COc1ccc(CNC(=O)[C@@H](Cc2ccccc2)NC(=O)c2ccc(Cl)cc2)cc1OC. The van der Waals surface area contributed by atoms with E-state index in [0.717, 1.165) is 11.1 Å². The summed E-state index contributed by atoms with van der Waals surface area (Å²) in [5, 5.41) is 6.28. The molecular weight excluding hydrogens is 428 g/mol. The predicted molar refractivity (Wildman–Crippen MR) is 124 cm³/mol. The second-order valence-electron chi connectivity index (χ2n) is 7.13. The van der Waals surface area contributed by atoms with E-state index >= 15 is 0 Å². The van der Waals surface area contributed by atoms with Gasteiger partial charge in [0.15, 0.2) is 11.5 Å². The maximum atomic E-state index is 13.0. The molecule has 0 aliphatic carbocycles. The van der Waals surface area contributed by atoms with Gasteiger partial charge in [-0.1, -0.05) is 48.0 Å². The molecule has 0 fully saturated rings. The van der Waals surface area contributed by atoms with Gasteiger partial charge in [-0.3, -0.25) is 9.59 Å². The summed E-state index contributed by atoms with van der Waals surface area (Å²) in [7, 11) is 3.12. The van der Waals surface area contributed by atoms with Crippen molar-refractivity contribution in [3.8, 4) is 11.5 Å². The number of hydrogen-bond donors (Lipinski definition) is 2. The number of benzene rings is 3. The van der Waals surface area contributed by atoms with Gasteiger partial charge in [0.05, 0.1) is 14.2 Å². The number of methoxy groups -OCH3 is 2. The fraction of sp³-hybridized carbons (Fsp3) is 0.200. The molecule has 0 radical (unpaired) electrons. The van der Waals surface area contributed by atoms with E-state index in [2.05, 4.69) is 10.6 Å². The zero-order chi connectivity index (χ0) is 22.9. The van der Waals surface area contributed by atoms with Gasteiger partial charge in [-0.05, 0) is 47.5 Å². The van der Waals surface area contributed by atoms with Crippen LogP contribution in [0.4, 0.5) is 0 Å². The predicted octanol–water partition coefficient (Wildman–Crippen LogP) is 4.01. The Morgan fingerprint density at radius 2 is 1.56 bits per heavy atom. The van der Waals surface area contributed by atoms with Gasteiger partial charge in [-0.15, -0.1) is 0 Å². The Balaban J connectivity index is 1.72. The van der Waals surface area contributed by atoms with E-state index in [4.69, 9.17) is 21.1 Å². The molecule has 0 spiro atoms. The molecule has 166 valence electrons. The molecule has 0 saturated heterocycles. The van der Waals surface area contributed by atoms with E-state index in [9.17, 15) is 9.59 Å². The zero-order valence-corrected chi connectivity index (χ0v) is 18.7. The standard InChI is InChI=1S/C25H25ClN2O4/c1-31-22-13-8-18(15-23(22)32-2)16-27-25(30)21(14-17-6-4-3-5-7-17)28-24(29)19-9-11-20(26)12-10-19/h3-13,15,21H,14,16H2,1-2H3,(H,27,30)(H,28,29)/t21-/m1/s1. The Hall–Kier alpha value is -3.51. The third-order valence-corrected chi connectivity index (χ3v) is 5.18. The molecular formula is C25H25ClN2O4. The van der Waals surface area contributed by atoms with Crippen molar-refractivity contribution in [1.82, 2.24) is 10.6 Å². The number of carbonyl (C=O) groups excluding carboxylic acids is 2. The molecule has 1 atom stereocenters. The Labute approximate surface area is 192 Å². The highest BCUT2D eigenvalue weighted by Crippen LogP contribution is 2.27. The summed E-state index contributed by atoms with van der Waals surface area (Å²) < 4.78 is 10.6. The van der Waals surface area contributed by atoms with E-state index in [0.29, 0.717) is 28.5 Å². The van der Waals surface area contributed by atoms with Gasteiger partial charge in [0, 0.05) is 23.6 Å². The summed E-state index contributed by atoms with van der Waals surface area (Å²) in [6, 6.07) is 20.7. The minimum Gasteiger partial charge on any atom is -0.493 e. The second kappa shape index (κ2) is 11.2. The van der Waals surface area contributed by atoms with Crippen molar-refractivity contribution in [2.45, 2.75) is 19.0 Å². The molecule has 0 heterocycles. The Kier molecular flexibility index (Phi) is 8.11. The van der Waals surface area contributed by atoms with Gasteiger partial charge in [0.2, 0.25) is 5.91 Å². The molecule has 0 aliphatic heterocycles. The first-order valence-electron chi connectivity index (χ1n) is 10.1. The van der Waals surface area contributed by atoms with Gasteiger partial charge in [-0.2, -0.15) is 0 Å². The highest BCUT2D eigenvalue weighted by molar-refractivity contribution is 6.30. The maximum absolute atomic E-state index is 13.0. The first-order chi connectivity index (χ1) is 15.5. The Bertz CT molecular complexity index is 1060. The highest BCUT2D eigenvalue weighted by Gasteiger charge is 2.22. The lowest BCUT2D eigenvalue weighted by Crippen LogP contribution is -2.47. The van der Waals surface area contributed by atoms with E-state index < -0.39 is 6.04 Å². The second-order valence-corrected chi connectivity index (χ2v) is 7.57. The third-order valence-electron chi connectivity index (χ3n) is 4.93. The number of ether oxygens (including phenoxy) is 2. The van der Waals surface area contributed by atoms with Crippen LogP contribution in [0.25, 0.3) is 0 Å². The zero-order valence-electron chi connectivity index (χ0n) is 17.9. The van der Waals surface area contributed by atoms with Crippen molar-refractivity contribution in [3.63, 3.8) is 0 Å². The molecule has 0 saturated carbocycles. The molecule has 3 rings (SSSR count). The summed E-state index contributed by atoms with van der Waals surface area (Å²) >= 11 is 5.91. The highest BCUT2D eigenvalue weighted by atomic mass is 35.5. The monoisotopic (exact) mass is 452 g/mol. The summed E-state index contributed by atoms with van der Waals surface area (Å²) in [4.78, 5) is 25.7. The topological polar surface area (TPSA) is 76.7 Å². The van der Waals surface area contributed by atoms with E-state index in [1.54, 1.807) is 50.6 Å². The first kappa shape index (κ1) is 23.2.